The van der Waals surface area contributed by atoms with Gasteiger partial charge < -0.3 is 24.7 Å². The van der Waals surface area contributed by atoms with Crippen molar-refractivity contribution >= 4 is 34.9 Å². The number of fused-ring (bicyclic) bond motifs is 1. The monoisotopic (exact) mass is 763 g/mol. The number of anilines is 2. The fourth-order valence-electron chi connectivity index (χ4n) is 8.01. The Morgan fingerprint density at radius 1 is 0.964 bits per heavy atom. The van der Waals surface area contributed by atoms with Gasteiger partial charge in [-0.1, -0.05) is 12.1 Å². The summed E-state index contributed by atoms with van der Waals surface area (Å²) in [6, 6.07) is 9.54. The van der Waals surface area contributed by atoms with Crippen molar-refractivity contribution in [2.75, 3.05) is 30.3 Å². The number of nitrogens with zero attached hydrogens (tertiary/aromatic N) is 4. The van der Waals surface area contributed by atoms with Crippen molar-refractivity contribution in [2.24, 2.45) is 5.92 Å². The second-order valence-corrected chi connectivity index (χ2v) is 15.2. The SMILES string of the molecule is CC(C)Oc1cc2nc([C@H]3CC[C@H](CN4CCC(c5ccc(NC6CCC(=O)NC6=O)cc5F)CC4)CC3)cn2cc1C(=O)Nc1cccc(C(F)(F)F)n1. The number of carbonyl (C=O) groups is 3. The van der Waals surface area contributed by atoms with E-state index < -0.39 is 23.8 Å². The molecule has 3 amide bonds. The number of hydrogen-bond acceptors (Lipinski definition) is 8. The Kier molecular flexibility index (Phi) is 11.1. The number of ether oxygens (including phenoxy) is 1. The van der Waals surface area contributed by atoms with Crippen LogP contribution in [0.2, 0.25) is 0 Å². The number of halogens is 4. The third-order valence-corrected chi connectivity index (χ3v) is 10.9. The van der Waals surface area contributed by atoms with Gasteiger partial charge in [-0.15, -0.1) is 0 Å². The van der Waals surface area contributed by atoms with E-state index >= 15 is 4.39 Å². The molecule has 1 saturated carbocycles. The molecule has 0 spiro atoms. The maximum absolute atomic E-state index is 15.2. The van der Waals surface area contributed by atoms with Crippen LogP contribution in [0, 0.1) is 11.7 Å². The fourth-order valence-corrected chi connectivity index (χ4v) is 8.01. The molecule has 2 aliphatic heterocycles. The molecule has 3 fully saturated rings. The van der Waals surface area contributed by atoms with E-state index in [1.54, 1.807) is 16.7 Å². The molecule has 0 bridgehead atoms. The lowest BCUT2D eigenvalue weighted by Gasteiger charge is -2.36. The molecule has 1 atom stereocenters. The number of imidazole rings is 1. The quantitative estimate of drug-likeness (QED) is 0.113. The van der Waals surface area contributed by atoms with Crippen LogP contribution in [0.4, 0.5) is 29.1 Å². The lowest BCUT2D eigenvalue weighted by atomic mass is 9.80. The highest BCUT2D eigenvalue weighted by atomic mass is 19.4. The number of likely N-dealkylation sites (tertiary alicyclic amines) is 1. The lowest BCUT2D eigenvalue weighted by molar-refractivity contribution is -0.141. The molecule has 7 rings (SSSR count). The van der Waals surface area contributed by atoms with E-state index in [1.807, 2.05) is 32.2 Å². The second kappa shape index (κ2) is 16.0. The Morgan fingerprint density at radius 2 is 1.73 bits per heavy atom. The summed E-state index contributed by atoms with van der Waals surface area (Å²) in [7, 11) is 0. The molecule has 2 saturated heterocycles. The molecule has 292 valence electrons. The number of aromatic nitrogens is 3. The first-order valence-corrected chi connectivity index (χ1v) is 19.0. The van der Waals surface area contributed by atoms with Crippen LogP contribution in [0.1, 0.15) is 104 Å². The molecule has 3 N–H and O–H groups in total. The zero-order valence-corrected chi connectivity index (χ0v) is 30.8. The zero-order chi connectivity index (χ0) is 38.9. The summed E-state index contributed by atoms with van der Waals surface area (Å²) in [5.41, 5.74) is 1.81. The van der Waals surface area contributed by atoms with Crippen molar-refractivity contribution < 1.29 is 36.7 Å². The number of nitrogens with one attached hydrogen (secondary N) is 3. The van der Waals surface area contributed by atoms with Crippen molar-refractivity contribution in [3.05, 3.63) is 83.2 Å². The molecule has 3 aromatic heterocycles. The smallest absolute Gasteiger partial charge is 0.433 e. The van der Waals surface area contributed by atoms with Crippen LogP contribution in [0.25, 0.3) is 5.65 Å². The second-order valence-electron chi connectivity index (χ2n) is 15.2. The van der Waals surface area contributed by atoms with E-state index in [9.17, 15) is 27.6 Å². The van der Waals surface area contributed by atoms with Gasteiger partial charge in [0.1, 0.15) is 34.8 Å². The third-order valence-electron chi connectivity index (χ3n) is 10.9. The maximum Gasteiger partial charge on any atom is 0.433 e. The number of rotatable bonds is 10. The first kappa shape index (κ1) is 38.2. The number of piperidine rings is 2. The Bertz CT molecular complexity index is 2050. The van der Waals surface area contributed by atoms with Crippen LogP contribution >= 0.6 is 0 Å². The minimum atomic E-state index is -4.64. The van der Waals surface area contributed by atoms with E-state index in [1.165, 1.54) is 18.2 Å². The van der Waals surface area contributed by atoms with Crippen molar-refractivity contribution in [3.8, 4) is 5.75 Å². The number of amides is 3. The predicted octanol–water partition coefficient (Wildman–Crippen LogP) is 7.30. The zero-order valence-electron chi connectivity index (χ0n) is 30.8. The fraction of sp³-hybridized carbons (Fsp3) is 0.475. The summed E-state index contributed by atoms with van der Waals surface area (Å²) < 4.78 is 62.6. The normalized spacial score (nSPS) is 21.5. The van der Waals surface area contributed by atoms with Crippen molar-refractivity contribution in [1.82, 2.24) is 24.6 Å². The minimum Gasteiger partial charge on any atom is -0.490 e. The molecule has 5 heterocycles. The number of benzene rings is 1. The highest BCUT2D eigenvalue weighted by molar-refractivity contribution is 6.06. The summed E-state index contributed by atoms with van der Waals surface area (Å²) >= 11 is 0. The highest BCUT2D eigenvalue weighted by Gasteiger charge is 2.33. The Labute approximate surface area is 316 Å². The number of pyridine rings is 2. The number of carbonyl (C=O) groups excluding carboxylic acids is 3. The van der Waals surface area contributed by atoms with Crippen molar-refractivity contribution in [3.63, 3.8) is 0 Å². The summed E-state index contributed by atoms with van der Waals surface area (Å²) in [5.74, 6) is -0.624. The molecule has 0 radical (unpaired) electrons. The number of hydrogen-bond donors (Lipinski definition) is 3. The van der Waals surface area contributed by atoms with Gasteiger partial charge >= 0.3 is 6.18 Å². The van der Waals surface area contributed by atoms with Crippen LogP contribution in [-0.2, 0) is 15.8 Å². The summed E-state index contributed by atoms with van der Waals surface area (Å²) in [5, 5.41) is 7.85. The third kappa shape index (κ3) is 9.09. The Morgan fingerprint density at radius 3 is 2.42 bits per heavy atom. The van der Waals surface area contributed by atoms with Gasteiger partial charge in [0, 0.05) is 43.0 Å². The van der Waals surface area contributed by atoms with Gasteiger partial charge in [0.15, 0.2) is 0 Å². The molecular weight excluding hydrogens is 718 g/mol. The molecular formula is C40H45F4N7O4. The lowest BCUT2D eigenvalue weighted by Crippen LogP contribution is -2.47. The van der Waals surface area contributed by atoms with Gasteiger partial charge in [0.2, 0.25) is 11.8 Å². The average molecular weight is 764 g/mol. The summed E-state index contributed by atoms with van der Waals surface area (Å²) in [4.78, 5) is 47.8. The summed E-state index contributed by atoms with van der Waals surface area (Å²) in [6.45, 7) is 6.43. The standard InChI is InChI=1S/C40H45F4N7O4/c1-23(2)55-33-19-36-46-32(22-51(36)21-29(33)38(53)48-35-5-3-4-34(47-35)40(42,43)44)26-8-6-24(7-9-26)20-50-16-14-25(15-17-50)28-11-10-27(18-30(28)41)45-31-12-13-37(52)49-39(31)54/h3-5,10-11,18-19,21-26,31,45H,6-9,12-17,20H2,1-2H3,(H,47,48,53)(H,49,52,54)/t24-,26-,31?. The van der Waals surface area contributed by atoms with Gasteiger partial charge in [-0.3, -0.25) is 19.7 Å². The van der Waals surface area contributed by atoms with Crippen LogP contribution in [0.5, 0.6) is 5.75 Å². The topological polar surface area (TPSA) is 130 Å². The molecule has 4 aromatic rings. The van der Waals surface area contributed by atoms with Crippen molar-refractivity contribution in [2.45, 2.75) is 95.4 Å². The van der Waals surface area contributed by atoms with E-state index in [2.05, 4.69) is 25.8 Å². The molecule has 55 heavy (non-hydrogen) atoms. The first-order chi connectivity index (χ1) is 26.3. The molecule has 1 unspecified atom stereocenters. The Balaban J connectivity index is 0.925. The van der Waals surface area contributed by atoms with E-state index in [-0.39, 0.29) is 59.1 Å². The molecule has 15 heteroatoms. The van der Waals surface area contributed by atoms with Gasteiger partial charge in [-0.05, 0) is 114 Å². The highest BCUT2D eigenvalue weighted by Crippen LogP contribution is 2.38. The largest absolute Gasteiger partial charge is 0.490 e. The van der Waals surface area contributed by atoms with Gasteiger partial charge in [0.05, 0.1) is 17.4 Å². The van der Waals surface area contributed by atoms with Gasteiger partial charge in [-0.2, -0.15) is 13.2 Å². The number of alkyl halides is 3. The van der Waals surface area contributed by atoms with Gasteiger partial charge in [0.25, 0.3) is 5.91 Å². The van der Waals surface area contributed by atoms with Crippen LogP contribution < -0.4 is 20.7 Å². The van der Waals surface area contributed by atoms with Crippen molar-refractivity contribution in [1.29, 1.82) is 0 Å². The number of imide groups is 1. The first-order valence-electron chi connectivity index (χ1n) is 19.0. The average Bonchev–Trinajstić information content (AvgIpc) is 3.56. The van der Waals surface area contributed by atoms with E-state index in [0.29, 0.717) is 29.2 Å². The van der Waals surface area contributed by atoms with Crippen LogP contribution in [0.3, 0.4) is 0 Å². The molecule has 11 nitrogen and oxygen atoms in total. The molecule has 1 aliphatic carbocycles. The molecule has 3 aliphatic rings. The van der Waals surface area contributed by atoms with Crippen LogP contribution in [-0.4, -0.2) is 68.8 Å². The predicted molar refractivity (Wildman–Crippen MR) is 197 cm³/mol. The summed E-state index contributed by atoms with van der Waals surface area (Å²) in [6.07, 6.45) is 5.02. The molecule has 1 aromatic carbocycles. The maximum atomic E-state index is 15.2. The van der Waals surface area contributed by atoms with E-state index in [4.69, 9.17) is 9.72 Å². The Hall–Kier alpha value is -5.05. The minimum absolute atomic E-state index is 0.127. The van der Waals surface area contributed by atoms with Crippen LogP contribution in [0.15, 0.2) is 54.9 Å². The van der Waals surface area contributed by atoms with E-state index in [0.717, 1.165) is 69.9 Å². The van der Waals surface area contributed by atoms with Gasteiger partial charge in [-0.25, -0.2) is 14.4 Å².